The third-order valence-corrected chi connectivity index (χ3v) is 3.95. The zero-order valence-electron chi connectivity index (χ0n) is 14.2. The van der Waals surface area contributed by atoms with Crippen molar-refractivity contribution < 1.29 is 18.0 Å². The number of allylic oxidation sites excluding steroid dienone is 1. The number of alkyl halides is 3. The van der Waals surface area contributed by atoms with Crippen LogP contribution in [0.25, 0.3) is 11.1 Å². The predicted molar refractivity (Wildman–Crippen MR) is 100 cm³/mol. The Kier molecular flexibility index (Phi) is 5.41. The van der Waals surface area contributed by atoms with Gasteiger partial charge in [0.05, 0.1) is 5.56 Å². The molecule has 3 aromatic carbocycles. The van der Waals surface area contributed by atoms with Crippen LogP contribution in [0.4, 0.5) is 18.9 Å². The van der Waals surface area contributed by atoms with Crippen LogP contribution < -0.4 is 5.32 Å². The maximum Gasteiger partial charge on any atom is 0.416 e. The smallest absolute Gasteiger partial charge is 0.362 e. The highest BCUT2D eigenvalue weighted by atomic mass is 19.4. The van der Waals surface area contributed by atoms with Gasteiger partial charge in [-0.15, -0.1) is 0 Å². The highest BCUT2D eigenvalue weighted by Gasteiger charge is 2.30. The summed E-state index contributed by atoms with van der Waals surface area (Å²) < 4.78 is 38.1. The molecule has 0 aliphatic heterocycles. The lowest BCUT2D eigenvalue weighted by Crippen LogP contribution is -2.05. The Morgan fingerprint density at radius 3 is 2.15 bits per heavy atom. The molecule has 0 saturated carbocycles. The molecule has 136 valence electrons. The SMILES string of the molecule is O=C(C=CNc1cccc(C(F)(F)F)c1)c1ccc(-c2ccccc2)cc1. The average molecular weight is 367 g/mol. The number of halogens is 3. The zero-order valence-corrected chi connectivity index (χ0v) is 14.2. The highest BCUT2D eigenvalue weighted by Crippen LogP contribution is 2.30. The van der Waals surface area contributed by atoms with Gasteiger partial charge in [-0.25, -0.2) is 0 Å². The Labute approximate surface area is 155 Å². The lowest BCUT2D eigenvalue weighted by Gasteiger charge is -2.08. The molecule has 0 atom stereocenters. The summed E-state index contributed by atoms with van der Waals surface area (Å²) in [4.78, 5) is 12.2. The van der Waals surface area contributed by atoms with Crippen LogP contribution in [0.2, 0.25) is 0 Å². The van der Waals surface area contributed by atoms with Crippen molar-refractivity contribution in [2.75, 3.05) is 5.32 Å². The molecule has 3 aromatic rings. The van der Waals surface area contributed by atoms with E-state index in [9.17, 15) is 18.0 Å². The minimum absolute atomic E-state index is 0.242. The molecular formula is C22H16F3NO. The van der Waals surface area contributed by atoms with E-state index in [4.69, 9.17) is 0 Å². The first-order valence-corrected chi connectivity index (χ1v) is 8.24. The molecule has 0 saturated heterocycles. The summed E-state index contributed by atoms with van der Waals surface area (Å²) in [5, 5.41) is 2.69. The minimum atomic E-state index is -4.41. The summed E-state index contributed by atoms with van der Waals surface area (Å²) in [6.07, 6.45) is -1.78. The first kappa shape index (κ1) is 18.5. The molecule has 5 heteroatoms. The van der Waals surface area contributed by atoms with Crippen molar-refractivity contribution in [1.29, 1.82) is 0 Å². The van der Waals surface area contributed by atoms with Crippen LogP contribution in [0, 0.1) is 0 Å². The van der Waals surface area contributed by atoms with Gasteiger partial charge in [0.25, 0.3) is 0 Å². The second-order valence-corrected chi connectivity index (χ2v) is 5.86. The Morgan fingerprint density at radius 1 is 0.815 bits per heavy atom. The zero-order chi connectivity index (χ0) is 19.3. The quantitative estimate of drug-likeness (QED) is 0.431. The number of anilines is 1. The van der Waals surface area contributed by atoms with Gasteiger partial charge in [-0.2, -0.15) is 13.2 Å². The van der Waals surface area contributed by atoms with Crippen molar-refractivity contribution in [3.05, 3.63) is 102 Å². The van der Waals surface area contributed by atoms with Crippen molar-refractivity contribution in [3.63, 3.8) is 0 Å². The number of rotatable bonds is 5. The molecule has 2 nitrogen and oxygen atoms in total. The molecule has 0 unspecified atom stereocenters. The van der Waals surface area contributed by atoms with E-state index >= 15 is 0 Å². The van der Waals surface area contributed by atoms with Crippen molar-refractivity contribution >= 4 is 11.5 Å². The van der Waals surface area contributed by atoms with Gasteiger partial charge in [-0.3, -0.25) is 4.79 Å². The maximum atomic E-state index is 12.7. The summed E-state index contributed by atoms with van der Waals surface area (Å²) >= 11 is 0. The fourth-order valence-electron chi connectivity index (χ4n) is 2.55. The van der Waals surface area contributed by atoms with Crippen LogP contribution in [0.5, 0.6) is 0 Å². The van der Waals surface area contributed by atoms with Crippen LogP contribution in [0.3, 0.4) is 0 Å². The summed E-state index contributed by atoms with van der Waals surface area (Å²) in [6, 6.07) is 21.7. The van der Waals surface area contributed by atoms with E-state index in [1.54, 1.807) is 12.1 Å². The lowest BCUT2D eigenvalue weighted by atomic mass is 10.0. The molecule has 0 aliphatic rings. The summed E-state index contributed by atoms with van der Waals surface area (Å²) in [5.41, 5.74) is 2.06. The molecule has 27 heavy (non-hydrogen) atoms. The normalized spacial score (nSPS) is 11.5. The van der Waals surface area contributed by atoms with Gasteiger partial charge < -0.3 is 5.32 Å². The van der Waals surface area contributed by atoms with Gasteiger partial charge in [-0.1, -0.05) is 60.7 Å². The predicted octanol–water partition coefficient (Wildman–Crippen LogP) is 6.18. The lowest BCUT2D eigenvalue weighted by molar-refractivity contribution is -0.137. The van der Waals surface area contributed by atoms with E-state index in [0.717, 1.165) is 23.3 Å². The van der Waals surface area contributed by atoms with E-state index in [2.05, 4.69) is 5.32 Å². The molecule has 0 bridgehead atoms. The summed E-state index contributed by atoms with van der Waals surface area (Å²) in [7, 11) is 0. The average Bonchev–Trinajstić information content (AvgIpc) is 2.68. The van der Waals surface area contributed by atoms with Crippen LogP contribution >= 0.6 is 0 Å². The van der Waals surface area contributed by atoms with Crippen molar-refractivity contribution in [3.8, 4) is 11.1 Å². The monoisotopic (exact) mass is 367 g/mol. The van der Waals surface area contributed by atoms with E-state index in [1.165, 1.54) is 24.4 Å². The fraction of sp³-hybridized carbons (Fsp3) is 0.0455. The molecular weight excluding hydrogens is 351 g/mol. The molecule has 0 heterocycles. The Bertz CT molecular complexity index is 945. The number of ketones is 1. The molecule has 0 aliphatic carbocycles. The van der Waals surface area contributed by atoms with Crippen LogP contribution in [-0.2, 0) is 6.18 Å². The summed E-state index contributed by atoms with van der Waals surface area (Å²) in [5.74, 6) is -0.242. The number of benzene rings is 3. The van der Waals surface area contributed by atoms with Gasteiger partial charge >= 0.3 is 6.18 Å². The number of hydrogen-bond donors (Lipinski definition) is 1. The molecule has 1 N–H and O–H groups in total. The molecule has 0 amide bonds. The number of carbonyl (C=O) groups excluding carboxylic acids is 1. The molecule has 0 fully saturated rings. The van der Waals surface area contributed by atoms with Gasteiger partial charge in [0.2, 0.25) is 0 Å². The Balaban J connectivity index is 1.65. The van der Waals surface area contributed by atoms with E-state index < -0.39 is 11.7 Å². The van der Waals surface area contributed by atoms with Crippen molar-refractivity contribution in [2.45, 2.75) is 6.18 Å². The second-order valence-electron chi connectivity index (χ2n) is 5.86. The third kappa shape index (κ3) is 4.85. The van der Waals surface area contributed by atoms with Crippen molar-refractivity contribution in [2.24, 2.45) is 0 Å². The molecule has 0 aromatic heterocycles. The molecule has 0 spiro atoms. The number of nitrogens with one attached hydrogen (secondary N) is 1. The summed E-state index contributed by atoms with van der Waals surface area (Å²) in [6.45, 7) is 0. The van der Waals surface area contributed by atoms with Crippen LogP contribution in [0.1, 0.15) is 15.9 Å². The second kappa shape index (κ2) is 7.91. The van der Waals surface area contributed by atoms with E-state index in [1.807, 2.05) is 42.5 Å². The van der Waals surface area contributed by atoms with E-state index in [0.29, 0.717) is 5.56 Å². The fourth-order valence-corrected chi connectivity index (χ4v) is 2.55. The first-order valence-electron chi connectivity index (χ1n) is 8.24. The molecule has 0 radical (unpaired) electrons. The highest BCUT2D eigenvalue weighted by molar-refractivity contribution is 6.04. The van der Waals surface area contributed by atoms with Crippen molar-refractivity contribution in [1.82, 2.24) is 0 Å². The standard InChI is InChI=1S/C22H16F3NO/c23-22(24,25)19-7-4-8-20(15-19)26-14-13-21(27)18-11-9-17(10-12-18)16-5-2-1-3-6-16/h1-15,26H. The topological polar surface area (TPSA) is 29.1 Å². The largest absolute Gasteiger partial charge is 0.416 e. The van der Waals surface area contributed by atoms with Gasteiger partial charge in [0, 0.05) is 23.5 Å². The van der Waals surface area contributed by atoms with Gasteiger partial charge in [-0.05, 0) is 29.3 Å². The minimum Gasteiger partial charge on any atom is -0.362 e. The molecule has 3 rings (SSSR count). The van der Waals surface area contributed by atoms with Gasteiger partial charge in [0.15, 0.2) is 5.78 Å². The number of hydrogen-bond acceptors (Lipinski definition) is 2. The van der Waals surface area contributed by atoms with Crippen LogP contribution in [0.15, 0.2) is 91.1 Å². The Hall–Kier alpha value is -3.34. The number of carbonyl (C=O) groups is 1. The third-order valence-electron chi connectivity index (χ3n) is 3.95. The van der Waals surface area contributed by atoms with Crippen LogP contribution in [-0.4, -0.2) is 5.78 Å². The maximum absolute atomic E-state index is 12.7. The van der Waals surface area contributed by atoms with Gasteiger partial charge in [0.1, 0.15) is 0 Å². The first-order chi connectivity index (χ1) is 12.9. The van der Waals surface area contributed by atoms with E-state index in [-0.39, 0.29) is 11.5 Å². The Morgan fingerprint density at radius 2 is 1.48 bits per heavy atom.